The van der Waals surface area contributed by atoms with E-state index >= 15 is 0 Å². The van der Waals surface area contributed by atoms with Gasteiger partial charge in [-0.3, -0.25) is 0 Å². The highest BCUT2D eigenvalue weighted by Crippen LogP contribution is 2.71. The van der Waals surface area contributed by atoms with Crippen LogP contribution in [0.25, 0.3) is 0 Å². The lowest BCUT2D eigenvalue weighted by molar-refractivity contribution is -0.202. The van der Waals surface area contributed by atoms with Crippen molar-refractivity contribution in [1.29, 1.82) is 0 Å². The molecular formula is C14H22Cl2. The number of halogens is 2. The van der Waals surface area contributed by atoms with Crippen molar-refractivity contribution in [3.8, 4) is 0 Å². The Kier molecular flexibility index (Phi) is 2.58. The number of rotatable bonds is 0. The quantitative estimate of drug-likeness (QED) is 0.614. The Balaban J connectivity index is 0.000000405. The van der Waals surface area contributed by atoms with E-state index in [1.54, 1.807) is 38.5 Å². The Morgan fingerprint density at radius 2 is 0.562 bits per heavy atom. The summed E-state index contributed by atoms with van der Waals surface area (Å²) in [6.07, 6.45) is 9.93. The third-order valence-corrected chi connectivity index (χ3v) is 6.93. The second-order valence-electron chi connectivity index (χ2n) is 7.13. The van der Waals surface area contributed by atoms with E-state index in [0.717, 1.165) is 0 Å². The molecule has 7 fully saturated rings. The summed E-state index contributed by atoms with van der Waals surface area (Å²) in [7, 11) is 0. The van der Waals surface area contributed by atoms with Crippen molar-refractivity contribution in [1.82, 2.24) is 0 Å². The summed E-state index contributed by atoms with van der Waals surface area (Å²) < 4.78 is 0. The topological polar surface area (TPSA) is 0 Å². The van der Waals surface area contributed by atoms with E-state index in [9.17, 15) is 0 Å². The van der Waals surface area contributed by atoms with Crippen molar-refractivity contribution in [2.24, 2.45) is 47.3 Å². The van der Waals surface area contributed by atoms with Crippen LogP contribution in [0.15, 0.2) is 0 Å². The van der Waals surface area contributed by atoms with E-state index in [4.69, 9.17) is 0 Å². The number of hydrogen-bond acceptors (Lipinski definition) is 0. The molecule has 0 unspecified atom stereocenters. The van der Waals surface area contributed by atoms with Crippen molar-refractivity contribution in [2.75, 3.05) is 0 Å². The van der Waals surface area contributed by atoms with Gasteiger partial charge in [0.1, 0.15) is 0 Å². The summed E-state index contributed by atoms with van der Waals surface area (Å²) in [5, 5.41) is 0. The molecule has 0 aromatic rings. The first-order chi connectivity index (χ1) is 6.90. The van der Waals surface area contributed by atoms with E-state index in [-0.39, 0.29) is 24.8 Å². The Morgan fingerprint density at radius 1 is 0.375 bits per heavy atom. The highest BCUT2D eigenvalue weighted by molar-refractivity contribution is 5.85. The highest BCUT2D eigenvalue weighted by Gasteiger charge is 2.63. The molecular weight excluding hydrogens is 239 g/mol. The van der Waals surface area contributed by atoms with Crippen LogP contribution in [0.2, 0.25) is 0 Å². The molecule has 0 atom stereocenters. The third-order valence-electron chi connectivity index (χ3n) is 6.93. The van der Waals surface area contributed by atoms with Crippen LogP contribution in [-0.4, -0.2) is 0 Å². The first-order valence-electron chi connectivity index (χ1n) is 6.90. The molecule has 7 aliphatic rings. The monoisotopic (exact) mass is 260 g/mol. The normalized spacial score (nSPS) is 63.0. The summed E-state index contributed by atoms with van der Waals surface area (Å²) in [5.74, 6) is 9.74. The van der Waals surface area contributed by atoms with Crippen molar-refractivity contribution in [3.05, 3.63) is 0 Å². The lowest BCUT2D eigenvalue weighted by Gasteiger charge is -2.69. The minimum absolute atomic E-state index is 0. The van der Waals surface area contributed by atoms with Crippen LogP contribution in [0.3, 0.4) is 0 Å². The van der Waals surface area contributed by atoms with Crippen molar-refractivity contribution in [3.63, 3.8) is 0 Å². The summed E-state index contributed by atoms with van der Waals surface area (Å²) in [6, 6.07) is 0. The number of hydrogen-bond donors (Lipinski definition) is 0. The zero-order valence-corrected chi connectivity index (χ0v) is 11.3. The fraction of sp³-hybridized carbons (Fsp3) is 1.00. The van der Waals surface area contributed by atoms with Crippen molar-refractivity contribution >= 4 is 24.8 Å². The molecule has 0 aliphatic heterocycles. The Labute approximate surface area is 111 Å². The molecule has 0 saturated heterocycles. The molecule has 0 N–H and O–H groups in total. The summed E-state index contributed by atoms with van der Waals surface area (Å²) >= 11 is 0. The zero-order chi connectivity index (χ0) is 8.86. The maximum atomic E-state index is 1.65. The van der Waals surface area contributed by atoms with E-state index in [2.05, 4.69) is 0 Å². The molecule has 7 aliphatic carbocycles. The van der Waals surface area contributed by atoms with Crippen LogP contribution in [0.1, 0.15) is 38.5 Å². The van der Waals surface area contributed by atoms with Gasteiger partial charge < -0.3 is 0 Å². The molecule has 8 bridgehead atoms. The molecule has 7 saturated carbocycles. The summed E-state index contributed by atoms with van der Waals surface area (Å²) in [6.45, 7) is 0. The Morgan fingerprint density at radius 3 is 0.750 bits per heavy atom. The van der Waals surface area contributed by atoms with Gasteiger partial charge in [-0.1, -0.05) is 0 Å². The predicted octanol–water partition coefficient (Wildman–Crippen LogP) is 4.17. The molecule has 0 aromatic heterocycles. The van der Waals surface area contributed by atoms with Crippen molar-refractivity contribution < 1.29 is 0 Å². The van der Waals surface area contributed by atoms with E-state index in [0.29, 0.717) is 0 Å². The molecule has 0 spiro atoms. The summed E-state index contributed by atoms with van der Waals surface area (Å²) in [4.78, 5) is 0. The smallest absolute Gasteiger partial charge is 0.0349 e. The van der Waals surface area contributed by atoms with Gasteiger partial charge in [0.25, 0.3) is 0 Å². The standard InChI is InChI=1S/C14H20.2ClH/c1-7-2-12-10-4-8-5-11(9(1)10)13(3-7)14(12)6-8;;/h7-14H,1-6H2;2*1H. The fourth-order valence-corrected chi connectivity index (χ4v) is 6.89. The average Bonchev–Trinajstić information content (AvgIpc) is 2.24. The van der Waals surface area contributed by atoms with Gasteiger partial charge in [0.2, 0.25) is 0 Å². The minimum atomic E-state index is 0. The van der Waals surface area contributed by atoms with Crippen LogP contribution in [0.5, 0.6) is 0 Å². The molecule has 0 radical (unpaired) electrons. The Bertz CT molecular complexity index is 214. The molecule has 0 aromatic carbocycles. The van der Waals surface area contributed by atoms with E-state index in [1.807, 2.05) is 0 Å². The molecule has 2 heteroatoms. The van der Waals surface area contributed by atoms with E-state index in [1.165, 1.54) is 47.3 Å². The van der Waals surface area contributed by atoms with Gasteiger partial charge in [-0.2, -0.15) is 0 Å². The SMILES string of the molecule is C1C2CC3C4CC5CC(C14)C(C2)C3C5.Cl.Cl. The minimum Gasteiger partial charge on any atom is -0.147 e. The van der Waals surface area contributed by atoms with Crippen LogP contribution >= 0.6 is 24.8 Å². The van der Waals surface area contributed by atoms with Gasteiger partial charge in [-0.15, -0.1) is 24.8 Å². The predicted molar refractivity (Wildman–Crippen MR) is 70.1 cm³/mol. The van der Waals surface area contributed by atoms with Gasteiger partial charge >= 0.3 is 0 Å². The van der Waals surface area contributed by atoms with Crippen LogP contribution < -0.4 is 0 Å². The van der Waals surface area contributed by atoms with Crippen molar-refractivity contribution in [2.45, 2.75) is 38.5 Å². The van der Waals surface area contributed by atoms with Gasteiger partial charge in [-0.05, 0) is 85.9 Å². The molecule has 7 rings (SSSR count). The van der Waals surface area contributed by atoms with Crippen LogP contribution in [0.4, 0.5) is 0 Å². The molecule has 0 nitrogen and oxygen atoms in total. The third kappa shape index (κ3) is 1.14. The lowest BCUT2D eigenvalue weighted by Crippen LogP contribution is -2.62. The first-order valence-corrected chi connectivity index (χ1v) is 6.90. The second-order valence-corrected chi connectivity index (χ2v) is 7.13. The van der Waals surface area contributed by atoms with Gasteiger partial charge in [-0.25, -0.2) is 0 Å². The Hall–Kier alpha value is 0.580. The molecule has 92 valence electrons. The van der Waals surface area contributed by atoms with Gasteiger partial charge in [0, 0.05) is 0 Å². The largest absolute Gasteiger partial charge is 0.147 e. The van der Waals surface area contributed by atoms with Crippen LogP contribution in [-0.2, 0) is 0 Å². The molecule has 16 heavy (non-hydrogen) atoms. The maximum Gasteiger partial charge on any atom is -0.0349 e. The average molecular weight is 261 g/mol. The van der Waals surface area contributed by atoms with E-state index < -0.39 is 0 Å². The fourth-order valence-electron chi connectivity index (χ4n) is 6.89. The molecule has 0 amide bonds. The van der Waals surface area contributed by atoms with Gasteiger partial charge in [0.15, 0.2) is 0 Å². The van der Waals surface area contributed by atoms with Crippen LogP contribution in [0, 0.1) is 47.3 Å². The summed E-state index contributed by atoms with van der Waals surface area (Å²) in [5.41, 5.74) is 0. The second kappa shape index (κ2) is 3.54. The zero-order valence-electron chi connectivity index (χ0n) is 9.68. The first kappa shape index (κ1) is 11.7. The highest BCUT2D eigenvalue weighted by atomic mass is 35.5. The maximum absolute atomic E-state index is 1.65. The van der Waals surface area contributed by atoms with Gasteiger partial charge in [0.05, 0.1) is 0 Å². The lowest BCUT2D eigenvalue weighted by atomic mass is 9.36. The molecule has 0 heterocycles.